The van der Waals surface area contributed by atoms with Crippen LogP contribution in [0.5, 0.6) is 0 Å². The Morgan fingerprint density at radius 1 is 1.19 bits per heavy atom. The molecule has 0 spiro atoms. The lowest BCUT2D eigenvalue weighted by molar-refractivity contribution is 1.01. The Balaban J connectivity index is 2.37. The monoisotopic (exact) mass is 211 g/mol. The lowest BCUT2D eigenvalue weighted by Crippen LogP contribution is -2.15. The molecule has 1 N–H and O–H groups in total. The number of hydrogen-bond acceptors (Lipinski definition) is 2. The van der Waals surface area contributed by atoms with E-state index in [-0.39, 0.29) is 5.69 Å². The molecular formula is C12H9N3O. The molecule has 0 aliphatic carbocycles. The standard InChI is InChI=1S/C12H9N3O/c16-12-14-8-10(9-4-2-1-3-5-9)11-13-6-7-15(11)12/h1-8H,(H,14,16). The van der Waals surface area contributed by atoms with E-state index in [9.17, 15) is 4.79 Å². The second kappa shape index (κ2) is 3.34. The maximum Gasteiger partial charge on any atom is 0.331 e. The summed E-state index contributed by atoms with van der Waals surface area (Å²) in [5.74, 6) is 0. The number of aromatic nitrogens is 3. The molecule has 2 heterocycles. The molecule has 0 saturated heterocycles. The maximum absolute atomic E-state index is 11.5. The number of imidazole rings is 1. The average molecular weight is 211 g/mol. The van der Waals surface area contributed by atoms with Gasteiger partial charge in [0, 0.05) is 24.2 Å². The van der Waals surface area contributed by atoms with Crippen LogP contribution in [-0.2, 0) is 0 Å². The van der Waals surface area contributed by atoms with Crippen molar-refractivity contribution in [3.8, 4) is 11.1 Å². The number of nitrogens with one attached hydrogen (secondary N) is 1. The molecule has 78 valence electrons. The first-order chi connectivity index (χ1) is 7.86. The van der Waals surface area contributed by atoms with Crippen LogP contribution in [0.1, 0.15) is 0 Å². The molecule has 0 saturated carbocycles. The van der Waals surface area contributed by atoms with Gasteiger partial charge >= 0.3 is 5.69 Å². The highest BCUT2D eigenvalue weighted by molar-refractivity contribution is 5.76. The molecule has 0 atom stereocenters. The average Bonchev–Trinajstić information content (AvgIpc) is 2.81. The first kappa shape index (κ1) is 8.91. The van der Waals surface area contributed by atoms with Crippen molar-refractivity contribution in [2.24, 2.45) is 0 Å². The van der Waals surface area contributed by atoms with Crippen LogP contribution in [0.25, 0.3) is 16.8 Å². The topological polar surface area (TPSA) is 50.2 Å². The van der Waals surface area contributed by atoms with Crippen LogP contribution in [0, 0.1) is 0 Å². The van der Waals surface area contributed by atoms with Gasteiger partial charge in [0.15, 0.2) is 0 Å². The first-order valence-corrected chi connectivity index (χ1v) is 4.96. The van der Waals surface area contributed by atoms with Gasteiger partial charge in [-0.25, -0.2) is 9.78 Å². The van der Waals surface area contributed by atoms with Crippen LogP contribution in [0.3, 0.4) is 0 Å². The fourth-order valence-electron chi connectivity index (χ4n) is 1.76. The summed E-state index contributed by atoms with van der Waals surface area (Å²) >= 11 is 0. The summed E-state index contributed by atoms with van der Waals surface area (Å²) < 4.78 is 1.50. The quantitative estimate of drug-likeness (QED) is 0.665. The molecule has 0 aliphatic heterocycles. The van der Waals surface area contributed by atoms with Crippen LogP contribution in [0.15, 0.2) is 53.7 Å². The van der Waals surface area contributed by atoms with E-state index in [2.05, 4.69) is 9.97 Å². The van der Waals surface area contributed by atoms with E-state index in [1.165, 1.54) is 4.40 Å². The fraction of sp³-hybridized carbons (Fsp3) is 0. The summed E-state index contributed by atoms with van der Waals surface area (Å²) in [5, 5.41) is 0. The smallest absolute Gasteiger partial charge is 0.313 e. The van der Waals surface area contributed by atoms with Crippen LogP contribution in [0.4, 0.5) is 0 Å². The summed E-state index contributed by atoms with van der Waals surface area (Å²) in [5.41, 5.74) is 2.46. The molecule has 1 aromatic carbocycles. The Bertz CT molecular complexity index is 682. The number of H-pyrrole nitrogens is 1. The van der Waals surface area contributed by atoms with Gasteiger partial charge in [0.2, 0.25) is 0 Å². The lowest BCUT2D eigenvalue weighted by Gasteiger charge is -2.02. The summed E-state index contributed by atoms with van der Waals surface area (Å²) in [6.07, 6.45) is 4.97. The third-order valence-corrected chi connectivity index (χ3v) is 2.53. The summed E-state index contributed by atoms with van der Waals surface area (Å²) in [6, 6.07) is 9.85. The zero-order valence-corrected chi connectivity index (χ0v) is 8.42. The van der Waals surface area contributed by atoms with E-state index in [0.29, 0.717) is 5.65 Å². The molecular weight excluding hydrogens is 202 g/mol. The van der Waals surface area contributed by atoms with Crippen LogP contribution >= 0.6 is 0 Å². The van der Waals surface area contributed by atoms with Gasteiger partial charge in [0.1, 0.15) is 5.65 Å². The zero-order valence-electron chi connectivity index (χ0n) is 8.42. The Morgan fingerprint density at radius 2 is 2.00 bits per heavy atom. The van der Waals surface area contributed by atoms with E-state index in [1.807, 2.05) is 30.3 Å². The first-order valence-electron chi connectivity index (χ1n) is 4.96. The number of nitrogens with zero attached hydrogens (tertiary/aromatic N) is 2. The van der Waals surface area contributed by atoms with Crippen molar-refractivity contribution in [2.75, 3.05) is 0 Å². The molecule has 0 unspecified atom stereocenters. The molecule has 0 bridgehead atoms. The van der Waals surface area contributed by atoms with Gasteiger partial charge in [0.05, 0.1) is 0 Å². The van der Waals surface area contributed by atoms with E-state index in [1.54, 1.807) is 18.6 Å². The predicted octanol–water partition coefficient (Wildman–Crippen LogP) is 1.69. The third-order valence-electron chi connectivity index (χ3n) is 2.53. The Labute approximate surface area is 91.2 Å². The lowest BCUT2D eigenvalue weighted by atomic mass is 10.1. The molecule has 0 amide bonds. The molecule has 3 rings (SSSR count). The minimum absolute atomic E-state index is 0.174. The highest BCUT2D eigenvalue weighted by Crippen LogP contribution is 2.20. The number of aromatic amines is 1. The normalized spacial score (nSPS) is 10.8. The molecule has 3 aromatic rings. The largest absolute Gasteiger partial charge is 0.331 e. The molecule has 16 heavy (non-hydrogen) atoms. The molecule has 0 aliphatic rings. The van der Waals surface area contributed by atoms with Crippen molar-refractivity contribution >= 4 is 5.65 Å². The van der Waals surface area contributed by atoms with Gasteiger partial charge < -0.3 is 4.98 Å². The van der Waals surface area contributed by atoms with Crippen LogP contribution in [0.2, 0.25) is 0 Å². The Hall–Kier alpha value is -2.36. The highest BCUT2D eigenvalue weighted by atomic mass is 16.1. The minimum Gasteiger partial charge on any atom is -0.313 e. The fourth-order valence-corrected chi connectivity index (χ4v) is 1.76. The Kier molecular flexibility index (Phi) is 1.86. The number of fused-ring (bicyclic) bond motifs is 1. The van der Waals surface area contributed by atoms with Gasteiger partial charge in [-0.05, 0) is 5.56 Å². The summed E-state index contributed by atoms with van der Waals surface area (Å²) in [6.45, 7) is 0. The molecule has 0 radical (unpaired) electrons. The predicted molar refractivity (Wildman–Crippen MR) is 61.2 cm³/mol. The molecule has 4 heteroatoms. The van der Waals surface area contributed by atoms with E-state index in [4.69, 9.17) is 0 Å². The highest BCUT2D eigenvalue weighted by Gasteiger charge is 2.06. The van der Waals surface area contributed by atoms with Gasteiger partial charge in [0.25, 0.3) is 0 Å². The second-order valence-corrected chi connectivity index (χ2v) is 3.49. The van der Waals surface area contributed by atoms with Crippen molar-refractivity contribution < 1.29 is 0 Å². The van der Waals surface area contributed by atoms with Crippen molar-refractivity contribution in [3.63, 3.8) is 0 Å². The van der Waals surface area contributed by atoms with Crippen molar-refractivity contribution in [1.29, 1.82) is 0 Å². The van der Waals surface area contributed by atoms with E-state index < -0.39 is 0 Å². The summed E-state index contributed by atoms with van der Waals surface area (Å²) in [7, 11) is 0. The van der Waals surface area contributed by atoms with Gasteiger partial charge in [-0.1, -0.05) is 30.3 Å². The van der Waals surface area contributed by atoms with Crippen molar-refractivity contribution in [3.05, 3.63) is 59.4 Å². The van der Waals surface area contributed by atoms with Gasteiger partial charge in [-0.15, -0.1) is 0 Å². The van der Waals surface area contributed by atoms with Crippen molar-refractivity contribution in [2.45, 2.75) is 0 Å². The van der Waals surface area contributed by atoms with Crippen molar-refractivity contribution in [1.82, 2.24) is 14.4 Å². The number of benzene rings is 1. The second-order valence-electron chi connectivity index (χ2n) is 3.49. The van der Waals surface area contributed by atoms with E-state index >= 15 is 0 Å². The van der Waals surface area contributed by atoms with Crippen LogP contribution in [-0.4, -0.2) is 14.4 Å². The maximum atomic E-state index is 11.5. The van der Waals surface area contributed by atoms with Crippen LogP contribution < -0.4 is 5.69 Å². The SMILES string of the molecule is O=c1[nH]cc(-c2ccccc2)c2nccn12. The number of hydrogen-bond donors (Lipinski definition) is 1. The number of rotatable bonds is 1. The third kappa shape index (κ3) is 1.24. The zero-order chi connectivity index (χ0) is 11.0. The molecule has 2 aromatic heterocycles. The molecule has 4 nitrogen and oxygen atoms in total. The van der Waals surface area contributed by atoms with Gasteiger partial charge in [-0.3, -0.25) is 4.40 Å². The Morgan fingerprint density at radius 3 is 2.81 bits per heavy atom. The minimum atomic E-state index is -0.174. The molecule has 0 fully saturated rings. The van der Waals surface area contributed by atoms with E-state index in [0.717, 1.165) is 11.1 Å². The summed E-state index contributed by atoms with van der Waals surface area (Å²) in [4.78, 5) is 18.4. The van der Waals surface area contributed by atoms with Gasteiger partial charge in [-0.2, -0.15) is 0 Å².